The maximum atomic E-state index is 12.1. The average Bonchev–Trinajstić information content (AvgIpc) is 2.33. The van der Waals surface area contributed by atoms with E-state index in [0.717, 1.165) is 32.4 Å². The van der Waals surface area contributed by atoms with Crippen molar-refractivity contribution in [3.63, 3.8) is 0 Å². The topological polar surface area (TPSA) is 61.4 Å². The summed E-state index contributed by atoms with van der Waals surface area (Å²) in [7, 11) is -1.75. The van der Waals surface area contributed by atoms with E-state index in [9.17, 15) is 8.42 Å². The van der Waals surface area contributed by atoms with Crippen molar-refractivity contribution >= 4 is 10.2 Å². The molecule has 0 unspecified atom stereocenters. The molecule has 0 rings (SSSR count). The Hall–Kier alpha value is -0.170. The van der Waals surface area contributed by atoms with E-state index >= 15 is 0 Å². The fourth-order valence-corrected chi connectivity index (χ4v) is 2.94. The van der Waals surface area contributed by atoms with Crippen LogP contribution >= 0.6 is 0 Å². The van der Waals surface area contributed by atoms with Gasteiger partial charge >= 0.3 is 0 Å². The molecule has 0 aromatic rings. The minimum atomic E-state index is -3.37. The van der Waals surface area contributed by atoms with Gasteiger partial charge in [-0.2, -0.15) is 17.4 Å². The van der Waals surface area contributed by atoms with E-state index in [2.05, 4.69) is 10.0 Å². The lowest BCUT2D eigenvalue weighted by molar-refractivity contribution is 0.364. The molecule has 0 radical (unpaired) electrons. The van der Waals surface area contributed by atoms with Crippen LogP contribution in [-0.4, -0.2) is 44.9 Å². The van der Waals surface area contributed by atoms with Gasteiger partial charge in [-0.05, 0) is 39.3 Å². The molecule has 18 heavy (non-hydrogen) atoms. The summed E-state index contributed by atoms with van der Waals surface area (Å²) in [5, 5.41) is 3.18. The van der Waals surface area contributed by atoms with Crippen LogP contribution in [0.3, 0.4) is 0 Å². The molecule has 6 heteroatoms. The van der Waals surface area contributed by atoms with E-state index in [1.165, 1.54) is 4.31 Å². The standard InChI is InChI=1S/C12H29N3O2S/c1-6-12(4,7-2)14-18(16,17)15(5)11-9-10-13-8-3/h13-14H,6-11H2,1-5H3. The lowest BCUT2D eigenvalue weighted by Gasteiger charge is -2.30. The van der Waals surface area contributed by atoms with Crippen molar-refractivity contribution in [3.8, 4) is 0 Å². The molecule has 0 fully saturated rings. The maximum absolute atomic E-state index is 12.1. The van der Waals surface area contributed by atoms with Crippen molar-refractivity contribution in [2.75, 3.05) is 26.7 Å². The van der Waals surface area contributed by atoms with Crippen molar-refractivity contribution in [1.29, 1.82) is 0 Å². The summed E-state index contributed by atoms with van der Waals surface area (Å²) in [6.45, 7) is 10.3. The number of rotatable bonds is 10. The Kier molecular flexibility index (Phi) is 8.02. The Balaban J connectivity index is 4.35. The van der Waals surface area contributed by atoms with Gasteiger partial charge < -0.3 is 5.32 Å². The molecule has 5 nitrogen and oxygen atoms in total. The van der Waals surface area contributed by atoms with Gasteiger partial charge in [-0.25, -0.2) is 0 Å². The smallest absolute Gasteiger partial charge is 0.279 e. The molecular formula is C12H29N3O2S. The van der Waals surface area contributed by atoms with Crippen LogP contribution in [0.5, 0.6) is 0 Å². The molecule has 0 saturated carbocycles. The van der Waals surface area contributed by atoms with Crippen LogP contribution in [0.15, 0.2) is 0 Å². The maximum Gasteiger partial charge on any atom is 0.279 e. The van der Waals surface area contributed by atoms with Crippen LogP contribution in [0.1, 0.15) is 47.0 Å². The van der Waals surface area contributed by atoms with Crippen LogP contribution in [-0.2, 0) is 10.2 Å². The second-order valence-corrected chi connectivity index (χ2v) is 6.68. The first-order valence-electron chi connectivity index (χ1n) is 6.77. The van der Waals surface area contributed by atoms with E-state index < -0.39 is 10.2 Å². The van der Waals surface area contributed by atoms with Crippen LogP contribution in [0, 0.1) is 0 Å². The Morgan fingerprint density at radius 1 is 1.17 bits per heavy atom. The van der Waals surface area contributed by atoms with Crippen molar-refractivity contribution in [2.45, 2.75) is 52.5 Å². The van der Waals surface area contributed by atoms with E-state index in [1.54, 1.807) is 7.05 Å². The third-order valence-corrected chi connectivity index (χ3v) is 5.18. The highest BCUT2D eigenvalue weighted by molar-refractivity contribution is 7.87. The minimum absolute atomic E-state index is 0.352. The van der Waals surface area contributed by atoms with Gasteiger partial charge in [0.25, 0.3) is 10.2 Å². The van der Waals surface area contributed by atoms with Crippen molar-refractivity contribution in [1.82, 2.24) is 14.3 Å². The van der Waals surface area contributed by atoms with Gasteiger partial charge in [-0.1, -0.05) is 20.8 Å². The highest BCUT2D eigenvalue weighted by Crippen LogP contribution is 2.16. The molecule has 0 aromatic carbocycles. The minimum Gasteiger partial charge on any atom is -0.317 e. The first-order chi connectivity index (χ1) is 8.31. The first-order valence-corrected chi connectivity index (χ1v) is 8.21. The summed E-state index contributed by atoms with van der Waals surface area (Å²) < 4.78 is 28.4. The molecule has 0 aliphatic rings. The van der Waals surface area contributed by atoms with Gasteiger partial charge in [0.15, 0.2) is 0 Å². The molecule has 2 N–H and O–H groups in total. The zero-order valence-electron chi connectivity index (χ0n) is 12.4. The van der Waals surface area contributed by atoms with Crippen molar-refractivity contribution in [3.05, 3.63) is 0 Å². The Morgan fingerprint density at radius 2 is 1.72 bits per heavy atom. The zero-order chi connectivity index (χ0) is 14.2. The van der Waals surface area contributed by atoms with Gasteiger partial charge in [0.2, 0.25) is 0 Å². The van der Waals surface area contributed by atoms with Crippen molar-refractivity contribution in [2.24, 2.45) is 0 Å². The first kappa shape index (κ1) is 17.8. The lowest BCUT2D eigenvalue weighted by Crippen LogP contribution is -2.50. The van der Waals surface area contributed by atoms with E-state index in [1.807, 2.05) is 27.7 Å². The van der Waals surface area contributed by atoms with E-state index in [4.69, 9.17) is 0 Å². The quantitative estimate of drug-likeness (QED) is 0.593. The Morgan fingerprint density at radius 3 is 2.17 bits per heavy atom. The predicted molar refractivity (Wildman–Crippen MR) is 76.8 cm³/mol. The highest BCUT2D eigenvalue weighted by Gasteiger charge is 2.28. The largest absolute Gasteiger partial charge is 0.317 e. The van der Waals surface area contributed by atoms with Gasteiger partial charge in [0, 0.05) is 19.1 Å². The normalized spacial score (nSPS) is 13.2. The fraction of sp³-hybridized carbons (Fsp3) is 1.00. The summed E-state index contributed by atoms with van der Waals surface area (Å²) in [5.41, 5.74) is -0.352. The summed E-state index contributed by atoms with van der Waals surface area (Å²) in [6, 6.07) is 0. The summed E-state index contributed by atoms with van der Waals surface area (Å²) in [4.78, 5) is 0. The lowest BCUT2D eigenvalue weighted by atomic mass is 9.98. The van der Waals surface area contributed by atoms with E-state index in [0.29, 0.717) is 6.54 Å². The van der Waals surface area contributed by atoms with Crippen LogP contribution in [0.25, 0.3) is 0 Å². The average molecular weight is 279 g/mol. The molecule has 0 aliphatic heterocycles. The number of nitrogens with one attached hydrogen (secondary N) is 2. The molecule has 110 valence electrons. The number of nitrogens with zero attached hydrogens (tertiary/aromatic N) is 1. The van der Waals surface area contributed by atoms with Crippen LogP contribution < -0.4 is 10.0 Å². The third-order valence-electron chi connectivity index (χ3n) is 3.42. The van der Waals surface area contributed by atoms with Crippen LogP contribution in [0.2, 0.25) is 0 Å². The predicted octanol–water partition coefficient (Wildman–Crippen LogP) is 1.33. The molecule has 0 aliphatic carbocycles. The molecule has 0 aromatic heterocycles. The van der Waals surface area contributed by atoms with Gasteiger partial charge in [0.05, 0.1) is 0 Å². The van der Waals surface area contributed by atoms with Crippen molar-refractivity contribution < 1.29 is 8.42 Å². The summed E-state index contributed by atoms with van der Waals surface area (Å²) in [6.07, 6.45) is 2.39. The molecule has 0 bridgehead atoms. The second-order valence-electron chi connectivity index (χ2n) is 4.90. The Bertz CT molecular complexity index is 313. The third kappa shape index (κ3) is 6.13. The molecule has 0 amide bonds. The molecule has 0 heterocycles. The fourth-order valence-electron chi connectivity index (χ4n) is 1.51. The highest BCUT2D eigenvalue weighted by atomic mass is 32.2. The van der Waals surface area contributed by atoms with Gasteiger partial charge in [-0.3, -0.25) is 0 Å². The van der Waals surface area contributed by atoms with Gasteiger partial charge in [-0.15, -0.1) is 0 Å². The SMILES string of the molecule is CCNCCCN(C)S(=O)(=O)NC(C)(CC)CC. The van der Waals surface area contributed by atoms with Crippen LogP contribution in [0.4, 0.5) is 0 Å². The molecule has 0 saturated heterocycles. The molecule has 0 spiro atoms. The van der Waals surface area contributed by atoms with Gasteiger partial charge in [0.1, 0.15) is 0 Å². The zero-order valence-corrected chi connectivity index (χ0v) is 13.2. The monoisotopic (exact) mass is 279 g/mol. The number of hydrogen-bond donors (Lipinski definition) is 2. The molecule has 0 atom stereocenters. The number of hydrogen-bond acceptors (Lipinski definition) is 3. The molecular weight excluding hydrogens is 250 g/mol. The second kappa shape index (κ2) is 8.09. The summed E-state index contributed by atoms with van der Waals surface area (Å²) >= 11 is 0. The summed E-state index contributed by atoms with van der Waals surface area (Å²) in [5.74, 6) is 0. The Labute approximate surface area is 113 Å². The van der Waals surface area contributed by atoms with E-state index in [-0.39, 0.29) is 5.54 Å².